The minimum atomic E-state index is -0.859. The molecule has 0 bridgehead atoms. The first-order valence-electron chi connectivity index (χ1n) is 5.49. The van der Waals surface area contributed by atoms with Gasteiger partial charge in [-0.2, -0.15) is 0 Å². The molecule has 0 aliphatic heterocycles. The van der Waals surface area contributed by atoms with Gasteiger partial charge in [-0.3, -0.25) is 4.79 Å². The summed E-state index contributed by atoms with van der Waals surface area (Å²) in [5.74, 6) is 0.720. The number of pyridine rings is 1. The molecule has 0 aromatic carbocycles. The van der Waals surface area contributed by atoms with Gasteiger partial charge < -0.3 is 15.8 Å². The van der Waals surface area contributed by atoms with Crippen LogP contribution in [0.3, 0.4) is 0 Å². The van der Waals surface area contributed by atoms with Gasteiger partial charge in [-0.25, -0.2) is 4.98 Å². The maximum absolute atomic E-state index is 11.6. The van der Waals surface area contributed by atoms with Gasteiger partial charge in [-0.05, 0) is 25.0 Å². The number of nitrogens with zero attached hydrogens (tertiary/aromatic N) is 1. The van der Waals surface area contributed by atoms with E-state index < -0.39 is 11.4 Å². The van der Waals surface area contributed by atoms with Gasteiger partial charge in [0.25, 0.3) is 0 Å². The Labute approximate surface area is 101 Å². The third kappa shape index (κ3) is 2.67. The predicted octanol–water partition coefficient (Wildman–Crippen LogP) is 1.40. The zero-order chi connectivity index (χ0) is 13.1. The van der Waals surface area contributed by atoms with Crippen molar-refractivity contribution in [2.45, 2.75) is 26.3 Å². The summed E-state index contributed by atoms with van der Waals surface area (Å²) in [4.78, 5) is 15.7. The lowest BCUT2D eigenvalue weighted by Gasteiger charge is -2.32. The number of hydrogen-bond donors (Lipinski definition) is 2. The van der Waals surface area contributed by atoms with Crippen molar-refractivity contribution >= 4 is 11.7 Å². The van der Waals surface area contributed by atoms with Gasteiger partial charge in [0, 0.05) is 6.20 Å². The van der Waals surface area contributed by atoms with E-state index in [1.54, 1.807) is 32.4 Å². The number of anilines is 1. The molecule has 1 heterocycles. The van der Waals surface area contributed by atoms with Crippen molar-refractivity contribution in [1.82, 2.24) is 4.98 Å². The molecule has 1 atom stereocenters. The van der Waals surface area contributed by atoms with Crippen LogP contribution in [-0.2, 0) is 4.79 Å². The van der Waals surface area contributed by atoms with Crippen LogP contribution in [0.4, 0.5) is 5.82 Å². The molecule has 94 valence electrons. The fourth-order valence-electron chi connectivity index (χ4n) is 1.39. The summed E-state index contributed by atoms with van der Waals surface area (Å²) in [5, 5.41) is 3.06. The molecular weight excluding hydrogens is 218 g/mol. The molecule has 0 aliphatic carbocycles. The van der Waals surface area contributed by atoms with Crippen LogP contribution in [0.25, 0.3) is 0 Å². The van der Waals surface area contributed by atoms with Gasteiger partial charge in [0.2, 0.25) is 5.91 Å². The topological polar surface area (TPSA) is 77.2 Å². The summed E-state index contributed by atoms with van der Waals surface area (Å²) in [5.41, 5.74) is 4.58. The normalized spacial score (nSPS) is 14.2. The number of aromatic nitrogens is 1. The van der Waals surface area contributed by atoms with Crippen LogP contribution in [0.1, 0.15) is 20.8 Å². The Morgan fingerprint density at radius 2 is 2.24 bits per heavy atom. The molecular formula is C12H19N3O2. The molecule has 1 aromatic rings. The van der Waals surface area contributed by atoms with Crippen molar-refractivity contribution in [2.75, 3.05) is 12.4 Å². The monoisotopic (exact) mass is 237 g/mol. The second-order valence-electron chi connectivity index (χ2n) is 4.40. The Balaban J connectivity index is 3.06. The van der Waals surface area contributed by atoms with Crippen LogP contribution in [0.5, 0.6) is 5.75 Å². The van der Waals surface area contributed by atoms with Crippen molar-refractivity contribution in [1.29, 1.82) is 0 Å². The van der Waals surface area contributed by atoms with Gasteiger partial charge in [-0.15, -0.1) is 0 Å². The second-order valence-corrected chi connectivity index (χ2v) is 4.40. The van der Waals surface area contributed by atoms with Crippen LogP contribution in [-0.4, -0.2) is 23.5 Å². The zero-order valence-corrected chi connectivity index (χ0v) is 10.7. The Bertz CT molecular complexity index is 406. The summed E-state index contributed by atoms with van der Waals surface area (Å²) in [6.45, 7) is 5.61. The Morgan fingerprint density at radius 1 is 1.59 bits per heavy atom. The Hall–Kier alpha value is -1.78. The summed E-state index contributed by atoms with van der Waals surface area (Å²) >= 11 is 0. The SMILES string of the molecule is COc1cccnc1NC(C)(C(N)=O)C(C)C. The van der Waals surface area contributed by atoms with Crippen LogP contribution in [0.15, 0.2) is 18.3 Å². The number of amides is 1. The molecule has 0 saturated heterocycles. The number of nitrogens with two attached hydrogens (primary N) is 1. The van der Waals surface area contributed by atoms with Crippen LogP contribution >= 0.6 is 0 Å². The second kappa shape index (κ2) is 5.03. The lowest BCUT2D eigenvalue weighted by Crippen LogP contribution is -2.52. The molecule has 1 unspecified atom stereocenters. The van der Waals surface area contributed by atoms with Crippen molar-refractivity contribution in [3.8, 4) is 5.75 Å². The van der Waals surface area contributed by atoms with E-state index in [0.717, 1.165) is 0 Å². The predicted molar refractivity (Wildman–Crippen MR) is 66.8 cm³/mol. The highest BCUT2D eigenvalue weighted by Crippen LogP contribution is 2.27. The number of ether oxygens (including phenoxy) is 1. The maximum Gasteiger partial charge on any atom is 0.243 e. The highest BCUT2D eigenvalue weighted by Gasteiger charge is 2.35. The number of methoxy groups -OCH3 is 1. The molecule has 0 aliphatic rings. The van der Waals surface area contributed by atoms with E-state index >= 15 is 0 Å². The molecule has 0 radical (unpaired) electrons. The third-order valence-corrected chi connectivity index (χ3v) is 3.04. The summed E-state index contributed by atoms with van der Waals surface area (Å²) in [7, 11) is 1.55. The first-order valence-corrected chi connectivity index (χ1v) is 5.49. The number of rotatable bonds is 5. The quantitative estimate of drug-likeness (QED) is 0.811. The highest BCUT2D eigenvalue weighted by atomic mass is 16.5. The summed E-state index contributed by atoms with van der Waals surface area (Å²) < 4.78 is 5.17. The van der Waals surface area contributed by atoms with E-state index in [2.05, 4.69) is 10.3 Å². The van der Waals surface area contributed by atoms with Crippen molar-refractivity contribution in [2.24, 2.45) is 11.7 Å². The van der Waals surface area contributed by atoms with Crippen LogP contribution < -0.4 is 15.8 Å². The smallest absolute Gasteiger partial charge is 0.243 e. The van der Waals surface area contributed by atoms with E-state index in [1.165, 1.54) is 0 Å². The minimum absolute atomic E-state index is 0.0340. The van der Waals surface area contributed by atoms with E-state index in [1.807, 2.05) is 13.8 Å². The molecule has 5 heteroatoms. The van der Waals surface area contributed by atoms with Gasteiger partial charge in [0.1, 0.15) is 5.54 Å². The zero-order valence-electron chi connectivity index (χ0n) is 10.7. The van der Waals surface area contributed by atoms with Gasteiger partial charge >= 0.3 is 0 Å². The summed E-state index contributed by atoms with van der Waals surface area (Å²) in [6, 6.07) is 3.54. The fraction of sp³-hybridized carbons (Fsp3) is 0.500. The molecule has 1 amide bonds. The lowest BCUT2D eigenvalue weighted by atomic mass is 9.87. The first kappa shape index (κ1) is 13.3. The Kier molecular flexibility index (Phi) is 3.93. The molecule has 17 heavy (non-hydrogen) atoms. The molecule has 0 fully saturated rings. The third-order valence-electron chi connectivity index (χ3n) is 3.04. The number of hydrogen-bond acceptors (Lipinski definition) is 4. The average molecular weight is 237 g/mol. The molecule has 3 N–H and O–H groups in total. The van der Waals surface area contributed by atoms with Crippen molar-refractivity contribution in [3.05, 3.63) is 18.3 Å². The van der Waals surface area contributed by atoms with Crippen molar-refractivity contribution < 1.29 is 9.53 Å². The van der Waals surface area contributed by atoms with Crippen molar-refractivity contribution in [3.63, 3.8) is 0 Å². The molecule has 5 nitrogen and oxygen atoms in total. The van der Waals surface area contributed by atoms with Gasteiger partial charge in [-0.1, -0.05) is 13.8 Å². The highest BCUT2D eigenvalue weighted by molar-refractivity contribution is 5.87. The molecule has 0 spiro atoms. The number of nitrogens with one attached hydrogen (secondary N) is 1. The van der Waals surface area contributed by atoms with Gasteiger partial charge in [0.05, 0.1) is 7.11 Å². The standard InChI is InChI=1S/C12H19N3O2/c1-8(2)12(3,11(13)16)15-10-9(17-4)6-5-7-14-10/h5-8H,1-4H3,(H2,13,16)(H,14,15). The Morgan fingerprint density at radius 3 is 2.71 bits per heavy atom. The minimum Gasteiger partial charge on any atom is -0.493 e. The molecule has 1 rings (SSSR count). The summed E-state index contributed by atoms with van der Waals surface area (Å²) in [6.07, 6.45) is 1.63. The maximum atomic E-state index is 11.6. The first-order chi connectivity index (χ1) is 7.91. The lowest BCUT2D eigenvalue weighted by molar-refractivity contribution is -0.123. The number of carbonyl (C=O) groups excluding carboxylic acids is 1. The van der Waals surface area contributed by atoms with Crippen LogP contribution in [0.2, 0.25) is 0 Å². The largest absolute Gasteiger partial charge is 0.493 e. The van der Waals surface area contributed by atoms with E-state index in [0.29, 0.717) is 11.6 Å². The van der Waals surface area contributed by atoms with E-state index in [9.17, 15) is 4.79 Å². The molecule has 0 saturated carbocycles. The van der Waals surface area contributed by atoms with Crippen LogP contribution in [0, 0.1) is 5.92 Å². The van der Waals surface area contributed by atoms with Gasteiger partial charge in [0.15, 0.2) is 11.6 Å². The number of carbonyl (C=O) groups is 1. The number of primary amides is 1. The van der Waals surface area contributed by atoms with E-state index in [-0.39, 0.29) is 5.92 Å². The van der Waals surface area contributed by atoms with E-state index in [4.69, 9.17) is 10.5 Å². The average Bonchev–Trinajstić information content (AvgIpc) is 2.29. The fourth-order valence-corrected chi connectivity index (χ4v) is 1.39. The molecule has 1 aromatic heterocycles.